The minimum absolute atomic E-state index is 0.0738. The van der Waals surface area contributed by atoms with Gasteiger partial charge in [0.25, 0.3) is 0 Å². The molecule has 0 saturated heterocycles. The van der Waals surface area contributed by atoms with Crippen LogP contribution in [0.25, 0.3) is 16.5 Å². The largest absolute Gasteiger partial charge is 0.396 e. The second-order valence-electron chi connectivity index (χ2n) is 8.27. The van der Waals surface area contributed by atoms with Crippen LogP contribution in [-0.4, -0.2) is 11.1 Å². The van der Waals surface area contributed by atoms with Gasteiger partial charge in [0.2, 0.25) is 0 Å². The number of nitrogens with two attached hydrogens (primary N) is 1. The van der Waals surface area contributed by atoms with Crippen molar-refractivity contribution in [2.24, 2.45) is 0 Å². The van der Waals surface area contributed by atoms with Crippen LogP contribution in [-0.2, 0) is 12.8 Å². The lowest BCUT2D eigenvalue weighted by atomic mass is 9.92. The number of allylic oxidation sites excluding steroid dienone is 1. The smallest absolute Gasteiger partial charge is 0.199 e. The summed E-state index contributed by atoms with van der Waals surface area (Å²) in [5, 5.41) is 3.56. The number of nitrogens with zero attached hydrogens (tertiary/aromatic N) is 1. The number of anilines is 2. The van der Waals surface area contributed by atoms with Gasteiger partial charge in [-0.2, -0.15) is 0 Å². The zero-order valence-corrected chi connectivity index (χ0v) is 17.6. The Morgan fingerprint density at radius 1 is 1.33 bits per heavy atom. The molecule has 1 unspecified atom stereocenters. The molecule has 4 rings (SSSR count). The van der Waals surface area contributed by atoms with Crippen LogP contribution in [0.1, 0.15) is 49.4 Å². The molecule has 0 saturated carbocycles. The lowest BCUT2D eigenvalue weighted by molar-refractivity contribution is 0.498. The number of aryl methyl sites for hydroxylation is 2. The second-order valence-corrected chi connectivity index (χ2v) is 8.27. The van der Waals surface area contributed by atoms with E-state index < -0.39 is 5.82 Å². The molecule has 0 spiro atoms. The SMILES string of the molecule is C=C(C)c1cn2c3c(c(NCCCc4ccccc4)c(F)c(N)c3c1=O)CCC2C. The minimum Gasteiger partial charge on any atom is -0.396 e. The third-order valence-corrected chi connectivity index (χ3v) is 6.08. The molecule has 156 valence electrons. The maximum absolute atomic E-state index is 15.3. The molecule has 5 heteroatoms. The van der Waals surface area contributed by atoms with Gasteiger partial charge >= 0.3 is 0 Å². The van der Waals surface area contributed by atoms with E-state index in [4.69, 9.17) is 5.73 Å². The fourth-order valence-electron chi connectivity index (χ4n) is 4.41. The summed E-state index contributed by atoms with van der Waals surface area (Å²) in [7, 11) is 0. The maximum atomic E-state index is 15.3. The molecule has 0 aliphatic carbocycles. The van der Waals surface area contributed by atoms with E-state index in [1.165, 1.54) is 5.56 Å². The maximum Gasteiger partial charge on any atom is 0.199 e. The lowest BCUT2D eigenvalue weighted by Gasteiger charge is -2.29. The third-order valence-electron chi connectivity index (χ3n) is 6.08. The van der Waals surface area contributed by atoms with Crippen molar-refractivity contribution < 1.29 is 4.39 Å². The zero-order chi connectivity index (χ0) is 21.4. The normalized spacial score (nSPS) is 15.4. The first-order valence-electron chi connectivity index (χ1n) is 10.5. The predicted octanol–water partition coefficient (Wildman–Crippen LogP) is 5.31. The van der Waals surface area contributed by atoms with Crippen LogP contribution in [0.2, 0.25) is 0 Å². The molecule has 2 heterocycles. The standard InChI is InChI=1S/C25H28FN3O/c1-15(2)19-14-29-16(3)11-12-18-23(21(26)22(27)20(24(18)29)25(19)30)28-13-7-10-17-8-5-4-6-9-17/h4-6,8-9,14,16,28H,1,7,10-13,27H2,2-3H3. The summed E-state index contributed by atoms with van der Waals surface area (Å²) in [6.07, 6.45) is 5.23. The van der Waals surface area contributed by atoms with E-state index in [1.807, 2.05) is 24.4 Å². The number of hydrogen-bond donors (Lipinski definition) is 2. The van der Waals surface area contributed by atoms with E-state index in [2.05, 4.69) is 35.5 Å². The summed E-state index contributed by atoms with van der Waals surface area (Å²) < 4.78 is 17.4. The average molecular weight is 406 g/mol. The Morgan fingerprint density at radius 3 is 2.77 bits per heavy atom. The quantitative estimate of drug-likeness (QED) is 0.432. The molecule has 2 aromatic carbocycles. The summed E-state index contributed by atoms with van der Waals surface area (Å²) in [6, 6.07) is 10.4. The van der Waals surface area contributed by atoms with E-state index in [0.717, 1.165) is 30.3 Å². The molecular weight excluding hydrogens is 377 g/mol. The minimum atomic E-state index is -0.519. The summed E-state index contributed by atoms with van der Waals surface area (Å²) in [5.41, 5.74) is 10.3. The fraction of sp³-hybridized carbons (Fsp3) is 0.320. The number of hydrogen-bond acceptors (Lipinski definition) is 3. The first-order valence-corrected chi connectivity index (χ1v) is 10.5. The highest BCUT2D eigenvalue weighted by Crippen LogP contribution is 2.40. The molecule has 3 N–H and O–H groups in total. The van der Waals surface area contributed by atoms with Crippen molar-refractivity contribution in [1.82, 2.24) is 4.57 Å². The van der Waals surface area contributed by atoms with Gasteiger partial charge < -0.3 is 15.6 Å². The van der Waals surface area contributed by atoms with Crippen LogP contribution < -0.4 is 16.5 Å². The van der Waals surface area contributed by atoms with E-state index in [0.29, 0.717) is 29.8 Å². The van der Waals surface area contributed by atoms with Gasteiger partial charge in [-0.1, -0.05) is 36.9 Å². The van der Waals surface area contributed by atoms with Crippen molar-refractivity contribution in [3.63, 3.8) is 0 Å². The molecule has 1 aromatic heterocycles. The summed E-state index contributed by atoms with van der Waals surface area (Å²) in [6.45, 7) is 8.45. The highest BCUT2D eigenvalue weighted by atomic mass is 19.1. The molecule has 0 amide bonds. The van der Waals surface area contributed by atoms with Gasteiger partial charge in [0.15, 0.2) is 11.2 Å². The van der Waals surface area contributed by atoms with Crippen molar-refractivity contribution in [2.75, 3.05) is 17.6 Å². The Hall–Kier alpha value is -3.08. The molecule has 0 radical (unpaired) electrons. The van der Waals surface area contributed by atoms with E-state index >= 15 is 4.39 Å². The van der Waals surface area contributed by atoms with Crippen molar-refractivity contribution in [3.05, 3.63) is 75.8 Å². The zero-order valence-electron chi connectivity index (χ0n) is 17.6. The Labute approximate surface area is 176 Å². The van der Waals surface area contributed by atoms with Crippen molar-refractivity contribution in [3.8, 4) is 0 Å². The van der Waals surface area contributed by atoms with Crippen LogP contribution >= 0.6 is 0 Å². The number of pyridine rings is 1. The number of aromatic nitrogens is 1. The highest BCUT2D eigenvalue weighted by Gasteiger charge is 2.27. The van der Waals surface area contributed by atoms with Crippen molar-refractivity contribution in [2.45, 2.75) is 45.6 Å². The number of rotatable bonds is 6. The molecule has 3 aromatic rings. The lowest BCUT2D eigenvalue weighted by Crippen LogP contribution is -2.24. The van der Waals surface area contributed by atoms with Gasteiger partial charge in [-0.25, -0.2) is 4.39 Å². The molecule has 0 fully saturated rings. The first-order chi connectivity index (χ1) is 14.4. The Balaban J connectivity index is 1.75. The number of benzene rings is 2. The molecule has 1 atom stereocenters. The van der Waals surface area contributed by atoms with Crippen molar-refractivity contribution >= 4 is 27.9 Å². The first kappa shape index (κ1) is 20.2. The van der Waals surface area contributed by atoms with Gasteiger partial charge in [0, 0.05) is 29.9 Å². The van der Waals surface area contributed by atoms with Crippen LogP contribution in [0.15, 0.2) is 47.9 Å². The predicted molar refractivity (Wildman–Crippen MR) is 124 cm³/mol. The average Bonchev–Trinajstić information content (AvgIpc) is 2.73. The Kier molecular flexibility index (Phi) is 5.37. The van der Waals surface area contributed by atoms with Crippen LogP contribution in [0.5, 0.6) is 0 Å². The van der Waals surface area contributed by atoms with Crippen molar-refractivity contribution in [1.29, 1.82) is 0 Å². The van der Waals surface area contributed by atoms with Crippen LogP contribution in [0, 0.1) is 5.82 Å². The molecular formula is C25H28FN3O. The molecule has 1 aliphatic rings. The summed E-state index contributed by atoms with van der Waals surface area (Å²) in [5.74, 6) is -0.519. The van der Waals surface area contributed by atoms with E-state index in [1.54, 1.807) is 6.92 Å². The molecule has 1 aliphatic heterocycles. The van der Waals surface area contributed by atoms with E-state index in [-0.39, 0.29) is 22.5 Å². The summed E-state index contributed by atoms with van der Waals surface area (Å²) >= 11 is 0. The molecule has 0 bridgehead atoms. The number of nitrogens with one attached hydrogen (secondary N) is 1. The second kappa shape index (κ2) is 7.98. The van der Waals surface area contributed by atoms with E-state index in [9.17, 15) is 4.79 Å². The Bertz CT molecular complexity index is 1180. The third kappa shape index (κ3) is 3.38. The van der Waals surface area contributed by atoms with Gasteiger partial charge in [0.1, 0.15) is 0 Å². The van der Waals surface area contributed by atoms with Gasteiger partial charge in [0.05, 0.1) is 22.3 Å². The van der Waals surface area contributed by atoms with Crippen LogP contribution in [0.4, 0.5) is 15.8 Å². The van der Waals surface area contributed by atoms with Gasteiger partial charge in [-0.15, -0.1) is 0 Å². The molecule has 4 nitrogen and oxygen atoms in total. The number of halogens is 1. The monoisotopic (exact) mass is 405 g/mol. The van der Waals surface area contributed by atoms with Gasteiger partial charge in [-0.3, -0.25) is 4.79 Å². The topological polar surface area (TPSA) is 60.1 Å². The highest BCUT2D eigenvalue weighted by molar-refractivity contribution is 5.99. The van der Waals surface area contributed by atoms with Crippen LogP contribution in [0.3, 0.4) is 0 Å². The Morgan fingerprint density at radius 2 is 2.07 bits per heavy atom. The molecule has 30 heavy (non-hydrogen) atoms. The summed E-state index contributed by atoms with van der Waals surface area (Å²) in [4.78, 5) is 13.1. The fourth-order valence-corrected chi connectivity index (χ4v) is 4.41. The number of nitrogen functional groups attached to an aromatic ring is 1. The van der Waals surface area contributed by atoms with Gasteiger partial charge in [-0.05, 0) is 50.7 Å².